The lowest BCUT2D eigenvalue weighted by molar-refractivity contribution is 0.0698. The van der Waals surface area contributed by atoms with Gasteiger partial charge in [0.05, 0.1) is 33.5 Å². The Labute approximate surface area is 171 Å². The molecule has 2 aromatic carbocycles. The molecule has 0 aliphatic carbocycles. The third-order valence-corrected chi connectivity index (χ3v) is 5.04. The van der Waals surface area contributed by atoms with Gasteiger partial charge in [-0.1, -0.05) is 12.1 Å². The molecule has 7 heteroatoms. The topological polar surface area (TPSA) is 93.0 Å². The summed E-state index contributed by atoms with van der Waals surface area (Å²) < 4.78 is 7.75. The molecule has 0 spiro atoms. The summed E-state index contributed by atoms with van der Waals surface area (Å²) in [6.07, 6.45) is 1.50. The highest BCUT2D eigenvalue weighted by atomic mass is 16.5. The maximum Gasteiger partial charge on any atom is 0.337 e. The predicted octanol–water partition coefficient (Wildman–Crippen LogP) is 4.92. The monoisotopic (exact) mass is 398 g/mol. The van der Waals surface area contributed by atoms with Gasteiger partial charge in [0.15, 0.2) is 0 Å². The largest absolute Gasteiger partial charge is 0.478 e. The summed E-state index contributed by atoms with van der Waals surface area (Å²) in [6, 6.07) is 17.0. The zero-order valence-corrected chi connectivity index (χ0v) is 16.4. The second-order valence-corrected chi connectivity index (χ2v) is 7.18. The molecule has 0 saturated heterocycles. The van der Waals surface area contributed by atoms with Crippen molar-refractivity contribution in [1.29, 1.82) is 0 Å². The number of aromatic carboxylic acids is 1. The third kappa shape index (κ3) is 2.97. The van der Waals surface area contributed by atoms with Crippen LogP contribution in [0.15, 0.2) is 60.8 Å². The SMILES string of the molecule is Cc1cccc(Oc2ccc3c(-c4cc5nccc(C(=O)O)c5[nH]4)n(C)nc3c2)c1. The van der Waals surface area contributed by atoms with Crippen LogP contribution in [-0.4, -0.2) is 30.8 Å². The molecule has 5 rings (SSSR count). The fourth-order valence-electron chi connectivity index (χ4n) is 3.71. The second-order valence-electron chi connectivity index (χ2n) is 7.18. The minimum absolute atomic E-state index is 0.187. The highest BCUT2D eigenvalue weighted by molar-refractivity contribution is 6.03. The summed E-state index contributed by atoms with van der Waals surface area (Å²) in [7, 11) is 1.85. The van der Waals surface area contributed by atoms with Gasteiger partial charge < -0.3 is 14.8 Å². The van der Waals surface area contributed by atoms with Gasteiger partial charge in [-0.25, -0.2) is 4.79 Å². The normalized spacial score (nSPS) is 11.3. The van der Waals surface area contributed by atoms with Crippen molar-refractivity contribution in [3.05, 3.63) is 71.9 Å². The molecule has 0 atom stereocenters. The molecular formula is C23H18N4O3. The number of carboxylic acids is 1. The Hall–Kier alpha value is -4.13. The Bertz CT molecular complexity index is 1430. The van der Waals surface area contributed by atoms with Gasteiger partial charge in [0.25, 0.3) is 0 Å². The Kier molecular flexibility index (Phi) is 4.03. The van der Waals surface area contributed by atoms with E-state index in [1.165, 1.54) is 12.3 Å². The number of nitrogens with one attached hydrogen (secondary N) is 1. The van der Waals surface area contributed by atoms with Crippen molar-refractivity contribution in [3.63, 3.8) is 0 Å². The molecule has 2 N–H and O–H groups in total. The van der Waals surface area contributed by atoms with Gasteiger partial charge in [0.1, 0.15) is 11.5 Å². The lowest BCUT2D eigenvalue weighted by atomic mass is 10.1. The maximum atomic E-state index is 11.5. The van der Waals surface area contributed by atoms with E-state index in [1.807, 2.05) is 62.5 Å². The first-order valence-electron chi connectivity index (χ1n) is 9.42. The number of fused-ring (bicyclic) bond motifs is 2. The Morgan fingerprint density at radius 1 is 1.07 bits per heavy atom. The highest BCUT2D eigenvalue weighted by Gasteiger charge is 2.17. The molecule has 0 unspecified atom stereocenters. The van der Waals surface area contributed by atoms with Crippen molar-refractivity contribution in [2.75, 3.05) is 0 Å². The van der Waals surface area contributed by atoms with Crippen LogP contribution in [0.2, 0.25) is 0 Å². The first-order valence-corrected chi connectivity index (χ1v) is 9.42. The molecule has 0 aliphatic rings. The first-order chi connectivity index (χ1) is 14.5. The van der Waals surface area contributed by atoms with Crippen LogP contribution >= 0.6 is 0 Å². The fourth-order valence-corrected chi connectivity index (χ4v) is 3.71. The van der Waals surface area contributed by atoms with Crippen LogP contribution in [0.5, 0.6) is 11.5 Å². The molecular weight excluding hydrogens is 380 g/mol. The number of aromatic nitrogens is 4. The summed E-state index contributed by atoms with van der Waals surface area (Å²) in [6.45, 7) is 2.02. The molecule has 5 aromatic rings. The van der Waals surface area contributed by atoms with Gasteiger partial charge in [-0.15, -0.1) is 0 Å². The molecule has 30 heavy (non-hydrogen) atoms. The van der Waals surface area contributed by atoms with E-state index in [0.29, 0.717) is 16.8 Å². The molecule has 3 aromatic heterocycles. The van der Waals surface area contributed by atoms with Gasteiger partial charge >= 0.3 is 5.97 Å². The highest BCUT2D eigenvalue weighted by Crippen LogP contribution is 2.33. The van der Waals surface area contributed by atoms with Crippen LogP contribution in [0, 0.1) is 6.92 Å². The fraction of sp³-hybridized carbons (Fsp3) is 0.0870. The standard InChI is InChI=1S/C23H18N4O3/c1-13-4-3-5-14(10-13)30-15-6-7-16-18(11-15)26-27(2)22(16)20-12-19-21(25-20)17(23(28)29)8-9-24-19/h3-12,25H,1-2H3,(H,28,29). The van der Waals surface area contributed by atoms with Crippen molar-refractivity contribution < 1.29 is 14.6 Å². The number of nitrogens with zero attached hydrogens (tertiary/aromatic N) is 3. The number of aryl methyl sites for hydroxylation is 2. The van der Waals surface area contributed by atoms with Crippen molar-refractivity contribution in [2.24, 2.45) is 7.05 Å². The summed E-state index contributed by atoms with van der Waals surface area (Å²) in [5, 5.41) is 15.0. The van der Waals surface area contributed by atoms with Gasteiger partial charge in [0, 0.05) is 24.7 Å². The smallest absolute Gasteiger partial charge is 0.337 e. The molecule has 3 heterocycles. The molecule has 0 fully saturated rings. The average molecular weight is 398 g/mol. The number of hydrogen-bond acceptors (Lipinski definition) is 4. The van der Waals surface area contributed by atoms with E-state index < -0.39 is 5.97 Å². The molecule has 7 nitrogen and oxygen atoms in total. The van der Waals surface area contributed by atoms with Crippen LogP contribution in [0.1, 0.15) is 15.9 Å². The van der Waals surface area contributed by atoms with E-state index >= 15 is 0 Å². The van der Waals surface area contributed by atoms with E-state index in [0.717, 1.165) is 33.6 Å². The zero-order chi connectivity index (χ0) is 20.8. The minimum Gasteiger partial charge on any atom is -0.478 e. The number of carbonyl (C=O) groups is 1. The predicted molar refractivity (Wildman–Crippen MR) is 114 cm³/mol. The van der Waals surface area contributed by atoms with Crippen LogP contribution in [0.25, 0.3) is 33.3 Å². The Balaban J connectivity index is 1.59. The van der Waals surface area contributed by atoms with Gasteiger partial charge in [-0.05, 0) is 48.9 Å². The lowest BCUT2D eigenvalue weighted by Crippen LogP contribution is -1.98. The number of carboxylic acid groups (broad SMARTS) is 1. The summed E-state index contributed by atoms with van der Waals surface area (Å²) in [4.78, 5) is 19.0. The van der Waals surface area contributed by atoms with E-state index in [9.17, 15) is 9.90 Å². The number of H-pyrrole nitrogens is 1. The van der Waals surface area contributed by atoms with E-state index in [4.69, 9.17) is 4.74 Å². The van der Waals surface area contributed by atoms with Crippen LogP contribution in [0.3, 0.4) is 0 Å². The summed E-state index contributed by atoms with van der Waals surface area (Å²) in [5.41, 5.74) is 4.79. The summed E-state index contributed by atoms with van der Waals surface area (Å²) >= 11 is 0. The number of aromatic amines is 1. The van der Waals surface area contributed by atoms with Crippen molar-refractivity contribution >= 4 is 27.9 Å². The minimum atomic E-state index is -0.997. The number of rotatable bonds is 4. The van der Waals surface area contributed by atoms with Gasteiger partial charge in [-0.3, -0.25) is 9.67 Å². The second kappa shape index (κ2) is 6.73. The first kappa shape index (κ1) is 17.9. The van der Waals surface area contributed by atoms with Crippen molar-refractivity contribution in [3.8, 4) is 22.9 Å². The molecule has 0 bridgehead atoms. The van der Waals surface area contributed by atoms with Crippen LogP contribution < -0.4 is 4.74 Å². The number of benzene rings is 2. The molecule has 0 radical (unpaired) electrons. The van der Waals surface area contributed by atoms with E-state index in [2.05, 4.69) is 15.1 Å². The average Bonchev–Trinajstić information content (AvgIpc) is 3.26. The lowest BCUT2D eigenvalue weighted by Gasteiger charge is -2.06. The number of hydrogen-bond donors (Lipinski definition) is 2. The Morgan fingerprint density at radius 3 is 2.70 bits per heavy atom. The number of ether oxygens (including phenoxy) is 1. The zero-order valence-electron chi connectivity index (χ0n) is 16.4. The Morgan fingerprint density at radius 2 is 1.90 bits per heavy atom. The molecule has 0 amide bonds. The molecule has 0 saturated carbocycles. The summed E-state index contributed by atoms with van der Waals surface area (Å²) in [5.74, 6) is 0.473. The number of pyridine rings is 1. The van der Waals surface area contributed by atoms with Crippen LogP contribution in [-0.2, 0) is 7.05 Å². The molecule has 0 aliphatic heterocycles. The quantitative estimate of drug-likeness (QED) is 0.448. The maximum absolute atomic E-state index is 11.5. The third-order valence-electron chi connectivity index (χ3n) is 5.04. The van der Waals surface area contributed by atoms with Gasteiger partial charge in [-0.2, -0.15) is 5.10 Å². The van der Waals surface area contributed by atoms with E-state index in [1.54, 1.807) is 4.68 Å². The van der Waals surface area contributed by atoms with Crippen molar-refractivity contribution in [2.45, 2.75) is 6.92 Å². The van der Waals surface area contributed by atoms with Crippen molar-refractivity contribution in [1.82, 2.24) is 19.7 Å². The van der Waals surface area contributed by atoms with E-state index in [-0.39, 0.29) is 5.56 Å². The van der Waals surface area contributed by atoms with Crippen LogP contribution in [0.4, 0.5) is 0 Å². The van der Waals surface area contributed by atoms with Gasteiger partial charge in [0.2, 0.25) is 0 Å². The molecule has 148 valence electrons.